The molecule has 2 amide bonds. The zero-order chi connectivity index (χ0) is 26.3. The summed E-state index contributed by atoms with van der Waals surface area (Å²) in [6.45, 7) is 12.6. The lowest BCUT2D eigenvalue weighted by atomic mass is 9.67. The molecule has 8 heteroatoms. The monoisotopic (exact) mass is 491 g/mol. The summed E-state index contributed by atoms with van der Waals surface area (Å²) in [4.78, 5) is 24.7. The average Bonchev–Trinajstić information content (AvgIpc) is 3.32. The quantitative estimate of drug-likeness (QED) is 0.437. The minimum atomic E-state index is -0.548. The summed E-state index contributed by atoms with van der Waals surface area (Å²) >= 11 is 0. The lowest BCUT2D eigenvalue weighted by molar-refractivity contribution is 0.0452. The lowest BCUT2D eigenvalue weighted by Gasteiger charge is -2.42. The van der Waals surface area contributed by atoms with E-state index in [1.165, 1.54) is 6.20 Å². The van der Waals surface area contributed by atoms with Crippen LogP contribution in [0.2, 0.25) is 0 Å². The van der Waals surface area contributed by atoms with Gasteiger partial charge in [-0.25, -0.2) is 9.31 Å². The van der Waals surface area contributed by atoms with Crippen LogP contribution < -0.4 is 16.4 Å². The summed E-state index contributed by atoms with van der Waals surface area (Å²) in [6, 6.07) is 12.1. The Hall–Kier alpha value is -3.55. The van der Waals surface area contributed by atoms with Gasteiger partial charge in [-0.1, -0.05) is 51.1 Å². The zero-order valence-corrected chi connectivity index (χ0v) is 22.0. The number of hydrogen-bond acceptors (Lipinski definition) is 5. The van der Waals surface area contributed by atoms with Gasteiger partial charge in [0, 0.05) is 24.3 Å². The van der Waals surface area contributed by atoms with Crippen molar-refractivity contribution >= 4 is 23.2 Å². The summed E-state index contributed by atoms with van der Waals surface area (Å²) in [7, 11) is 0. The number of amides is 2. The molecule has 192 valence electrons. The molecule has 2 heterocycles. The van der Waals surface area contributed by atoms with Gasteiger partial charge in [0.05, 0.1) is 23.0 Å². The molecular weight excluding hydrogens is 454 g/mol. The maximum absolute atomic E-state index is 12.4. The fourth-order valence-electron chi connectivity index (χ4n) is 5.07. The number of fused-ring (bicyclic) bond motifs is 1. The highest BCUT2D eigenvalue weighted by Gasteiger charge is 2.52. The van der Waals surface area contributed by atoms with E-state index in [1.807, 2.05) is 63.4 Å². The van der Waals surface area contributed by atoms with Crippen LogP contribution in [0.5, 0.6) is 0 Å². The number of ether oxygens (including phenoxy) is 1. The average molecular weight is 492 g/mol. The molecule has 1 saturated carbocycles. The van der Waals surface area contributed by atoms with Gasteiger partial charge in [0.15, 0.2) is 0 Å². The van der Waals surface area contributed by atoms with Crippen LogP contribution in [-0.2, 0) is 4.74 Å². The SMILES string of the molecule is CC(C)(C)OC(=O)NCC1(C)CCC(Nc2c(C(N)=O)cnn3cc(-c4ccccc4)cc23)C1(C)C. The van der Waals surface area contributed by atoms with Crippen molar-refractivity contribution in [1.82, 2.24) is 14.9 Å². The van der Waals surface area contributed by atoms with Gasteiger partial charge in [-0.05, 0) is 56.1 Å². The van der Waals surface area contributed by atoms with Crippen molar-refractivity contribution in [2.75, 3.05) is 11.9 Å². The Morgan fingerprint density at radius 3 is 2.50 bits per heavy atom. The van der Waals surface area contributed by atoms with Gasteiger partial charge in [0.25, 0.3) is 5.91 Å². The molecule has 2 atom stereocenters. The van der Waals surface area contributed by atoms with E-state index in [0.29, 0.717) is 17.8 Å². The highest BCUT2D eigenvalue weighted by Crippen LogP contribution is 2.53. The standard InChI is InChI=1S/C28H37N5O3/c1-26(2,3)36-25(35)30-17-28(6)13-12-22(27(28,4)5)32-23-20(24(29)34)15-31-33-16-19(14-21(23)33)18-10-8-7-9-11-18/h7-11,14-16,22,32H,12-13,17H2,1-6H3,(H2,29,34)(H,30,35). The molecular formula is C28H37N5O3. The number of hydrogen-bond donors (Lipinski definition) is 3. The van der Waals surface area contributed by atoms with E-state index in [-0.39, 0.29) is 16.9 Å². The van der Waals surface area contributed by atoms with Crippen LogP contribution in [0.3, 0.4) is 0 Å². The van der Waals surface area contributed by atoms with E-state index < -0.39 is 17.6 Å². The Balaban J connectivity index is 1.62. The van der Waals surface area contributed by atoms with Gasteiger partial charge >= 0.3 is 6.09 Å². The molecule has 4 N–H and O–H groups in total. The molecule has 2 unspecified atom stereocenters. The summed E-state index contributed by atoms with van der Waals surface area (Å²) in [6.07, 6.45) is 4.84. The summed E-state index contributed by atoms with van der Waals surface area (Å²) < 4.78 is 7.22. The second-order valence-electron chi connectivity index (χ2n) is 11.6. The van der Waals surface area contributed by atoms with Gasteiger partial charge in [0.2, 0.25) is 0 Å². The summed E-state index contributed by atoms with van der Waals surface area (Å²) in [5, 5.41) is 11.1. The molecule has 3 aromatic rings. The van der Waals surface area contributed by atoms with E-state index in [1.54, 1.807) is 4.52 Å². The molecule has 1 aliphatic carbocycles. The molecule has 2 aromatic heterocycles. The second-order valence-corrected chi connectivity index (χ2v) is 11.6. The van der Waals surface area contributed by atoms with Crippen LogP contribution in [0.25, 0.3) is 16.6 Å². The van der Waals surface area contributed by atoms with Crippen molar-refractivity contribution in [3.05, 3.63) is 54.4 Å². The van der Waals surface area contributed by atoms with Crippen LogP contribution in [0, 0.1) is 10.8 Å². The van der Waals surface area contributed by atoms with Crippen LogP contribution >= 0.6 is 0 Å². The first-order valence-corrected chi connectivity index (χ1v) is 12.4. The topological polar surface area (TPSA) is 111 Å². The number of nitrogens with one attached hydrogen (secondary N) is 2. The number of benzene rings is 1. The maximum Gasteiger partial charge on any atom is 0.407 e. The van der Waals surface area contributed by atoms with E-state index in [4.69, 9.17) is 10.5 Å². The Labute approximate surface area is 212 Å². The normalized spacial score (nSPS) is 21.3. The Kier molecular flexibility index (Phi) is 6.49. The van der Waals surface area contributed by atoms with Gasteiger partial charge < -0.3 is 21.1 Å². The number of alkyl carbamates (subject to hydrolysis) is 1. The van der Waals surface area contributed by atoms with Crippen molar-refractivity contribution in [3.8, 4) is 11.1 Å². The van der Waals surface area contributed by atoms with Crippen LogP contribution in [0.4, 0.5) is 10.5 Å². The number of primary amides is 1. The third-order valence-corrected chi connectivity index (χ3v) is 7.76. The van der Waals surface area contributed by atoms with Crippen molar-refractivity contribution in [2.45, 2.75) is 66.0 Å². The fraction of sp³-hybridized carbons (Fsp3) is 0.464. The van der Waals surface area contributed by atoms with Crippen molar-refractivity contribution < 1.29 is 14.3 Å². The molecule has 0 radical (unpaired) electrons. The molecule has 1 aromatic carbocycles. The van der Waals surface area contributed by atoms with E-state index in [9.17, 15) is 9.59 Å². The van der Waals surface area contributed by atoms with Gasteiger partial charge in [-0.15, -0.1) is 0 Å². The van der Waals surface area contributed by atoms with Crippen LogP contribution in [-0.4, -0.2) is 39.8 Å². The van der Waals surface area contributed by atoms with Crippen molar-refractivity contribution in [2.24, 2.45) is 16.6 Å². The minimum Gasteiger partial charge on any atom is -0.444 e. The highest BCUT2D eigenvalue weighted by atomic mass is 16.6. The molecule has 0 saturated heterocycles. The molecule has 1 fully saturated rings. The Morgan fingerprint density at radius 2 is 1.86 bits per heavy atom. The predicted octanol–water partition coefficient (Wildman–Crippen LogP) is 5.23. The number of nitrogens with zero attached hydrogens (tertiary/aromatic N) is 2. The van der Waals surface area contributed by atoms with E-state index in [2.05, 4.69) is 36.5 Å². The first-order valence-electron chi connectivity index (χ1n) is 12.4. The molecule has 0 bridgehead atoms. The third-order valence-electron chi connectivity index (χ3n) is 7.76. The molecule has 8 nitrogen and oxygen atoms in total. The number of nitrogens with two attached hydrogens (primary N) is 1. The Morgan fingerprint density at radius 1 is 1.17 bits per heavy atom. The number of carbonyl (C=O) groups is 2. The highest BCUT2D eigenvalue weighted by molar-refractivity contribution is 6.02. The second kappa shape index (κ2) is 9.15. The number of rotatable bonds is 6. The predicted molar refractivity (Wildman–Crippen MR) is 142 cm³/mol. The van der Waals surface area contributed by atoms with Gasteiger partial charge in [-0.2, -0.15) is 5.10 Å². The zero-order valence-electron chi connectivity index (χ0n) is 22.0. The number of carbonyl (C=O) groups excluding carboxylic acids is 2. The minimum absolute atomic E-state index is 0.0438. The van der Waals surface area contributed by atoms with Gasteiger partial charge in [0.1, 0.15) is 5.60 Å². The smallest absolute Gasteiger partial charge is 0.407 e. The molecule has 0 aliphatic heterocycles. The van der Waals surface area contributed by atoms with Crippen LogP contribution in [0.1, 0.15) is 64.7 Å². The lowest BCUT2D eigenvalue weighted by Crippen LogP contribution is -2.47. The Bertz CT molecular complexity index is 1280. The number of anilines is 1. The number of aromatic nitrogens is 2. The van der Waals surface area contributed by atoms with E-state index >= 15 is 0 Å². The molecule has 4 rings (SSSR count). The first-order chi connectivity index (χ1) is 16.8. The summed E-state index contributed by atoms with van der Waals surface area (Å²) in [5.74, 6) is -0.528. The first kappa shape index (κ1) is 25.5. The van der Waals surface area contributed by atoms with Gasteiger partial charge in [-0.3, -0.25) is 4.79 Å². The summed E-state index contributed by atoms with van der Waals surface area (Å²) in [5.41, 5.74) is 8.72. The van der Waals surface area contributed by atoms with Crippen molar-refractivity contribution in [1.29, 1.82) is 0 Å². The molecule has 0 spiro atoms. The molecule has 1 aliphatic rings. The maximum atomic E-state index is 12.4. The largest absolute Gasteiger partial charge is 0.444 e. The molecule has 36 heavy (non-hydrogen) atoms. The third kappa shape index (κ3) is 4.90. The fourth-order valence-corrected chi connectivity index (χ4v) is 5.07. The van der Waals surface area contributed by atoms with E-state index in [0.717, 1.165) is 29.5 Å². The van der Waals surface area contributed by atoms with Crippen molar-refractivity contribution in [3.63, 3.8) is 0 Å². The van der Waals surface area contributed by atoms with Crippen LogP contribution in [0.15, 0.2) is 48.8 Å².